The third kappa shape index (κ3) is 5.21. The van der Waals surface area contributed by atoms with E-state index in [2.05, 4.69) is 5.32 Å². The molecule has 1 saturated heterocycles. The Morgan fingerprint density at radius 1 is 1.17 bits per heavy atom. The fraction of sp³-hybridized carbons (Fsp3) is 0.391. The number of aryl methyl sites for hydroxylation is 1. The Labute approximate surface area is 170 Å². The van der Waals surface area contributed by atoms with Crippen molar-refractivity contribution in [2.24, 2.45) is 5.92 Å². The van der Waals surface area contributed by atoms with Crippen molar-refractivity contribution in [3.05, 3.63) is 71.0 Å². The van der Waals surface area contributed by atoms with Gasteiger partial charge in [-0.15, -0.1) is 0 Å². The second kappa shape index (κ2) is 9.18. The van der Waals surface area contributed by atoms with Crippen LogP contribution in [0.15, 0.2) is 48.5 Å². The van der Waals surface area contributed by atoms with Crippen LogP contribution in [0.4, 0.5) is 4.39 Å². The Bertz CT molecular complexity index is 867. The third-order valence-electron chi connectivity index (χ3n) is 5.12. The molecule has 2 aromatic rings. The first-order valence-corrected chi connectivity index (χ1v) is 9.88. The molecule has 29 heavy (non-hydrogen) atoms. The van der Waals surface area contributed by atoms with Crippen LogP contribution in [-0.4, -0.2) is 42.5 Å². The topological polar surface area (TPSA) is 58.6 Å². The van der Waals surface area contributed by atoms with Crippen LogP contribution in [0.25, 0.3) is 0 Å². The van der Waals surface area contributed by atoms with Crippen molar-refractivity contribution in [1.29, 1.82) is 0 Å². The molecule has 5 nitrogen and oxygen atoms in total. The molecule has 1 N–H and O–H groups in total. The van der Waals surface area contributed by atoms with Gasteiger partial charge in [0.1, 0.15) is 18.0 Å². The molecule has 2 aromatic carbocycles. The van der Waals surface area contributed by atoms with Gasteiger partial charge in [0.15, 0.2) is 0 Å². The number of halogens is 1. The molecule has 3 rings (SSSR count). The molecule has 1 heterocycles. The summed E-state index contributed by atoms with van der Waals surface area (Å²) in [5.74, 6) is -0.764. The van der Waals surface area contributed by atoms with Crippen LogP contribution in [0.2, 0.25) is 0 Å². The van der Waals surface area contributed by atoms with E-state index in [1.165, 1.54) is 12.1 Å². The minimum Gasteiger partial charge on any atom is -0.370 e. The summed E-state index contributed by atoms with van der Waals surface area (Å²) in [6, 6.07) is 12.8. The normalized spacial score (nSPS) is 17.8. The van der Waals surface area contributed by atoms with Gasteiger partial charge in [0.05, 0.1) is 13.2 Å². The Kier molecular flexibility index (Phi) is 6.64. The second-order valence-electron chi connectivity index (χ2n) is 7.76. The summed E-state index contributed by atoms with van der Waals surface area (Å²) < 4.78 is 19.0. The molecule has 6 heteroatoms. The zero-order valence-electron chi connectivity index (χ0n) is 17.0. The van der Waals surface area contributed by atoms with Crippen molar-refractivity contribution < 1.29 is 18.7 Å². The maximum atomic E-state index is 13.2. The molecule has 1 fully saturated rings. The lowest BCUT2D eigenvalue weighted by Crippen LogP contribution is -2.54. The van der Waals surface area contributed by atoms with E-state index in [0.29, 0.717) is 25.3 Å². The average Bonchev–Trinajstić information content (AvgIpc) is 2.71. The molecule has 0 aromatic heterocycles. The minimum atomic E-state index is -0.630. The van der Waals surface area contributed by atoms with Crippen LogP contribution in [0.1, 0.15) is 41.4 Å². The maximum absolute atomic E-state index is 13.2. The van der Waals surface area contributed by atoms with Crippen LogP contribution >= 0.6 is 0 Å². The van der Waals surface area contributed by atoms with Crippen molar-refractivity contribution in [3.63, 3.8) is 0 Å². The van der Waals surface area contributed by atoms with Gasteiger partial charge in [0.25, 0.3) is 5.91 Å². The van der Waals surface area contributed by atoms with Crippen molar-refractivity contribution in [2.45, 2.75) is 32.9 Å². The van der Waals surface area contributed by atoms with Crippen molar-refractivity contribution >= 4 is 11.8 Å². The lowest BCUT2D eigenvalue weighted by molar-refractivity contribution is -0.142. The fourth-order valence-electron chi connectivity index (χ4n) is 3.45. The summed E-state index contributed by atoms with van der Waals surface area (Å²) in [7, 11) is 0. The summed E-state index contributed by atoms with van der Waals surface area (Å²) in [5.41, 5.74) is 2.35. The van der Waals surface area contributed by atoms with Gasteiger partial charge in [-0.3, -0.25) is 9.59 Å². The molecule has 154 valence electrons. The molecule has 0 spiro atoms. The molecule has 0 radical (unpaired) electrons. The monoisotopic (exact) mass is 398 g/mol. The highest BCUT2D eigenvalue weighted by Crippen LogP contribution is 2.23. The van der Waals surface area contributed by atoms with E-state index in [1.54, 1.807) is 29.2 Å². The van der Waals surface area contributed by atoms with Gasteiger partial charge in [-0.2, -0.15) is 0 Å². The van der Waals surface area contributed by atoms with E-state index in [4.69, 9.17) is 4.74 Å². The van der Waals surface area contributed by atoms with E-state index in [1.807, 2.05) is 32.9 Å². The number of ether oxygens (including phenoxy) is 1. The summed E-state index contributed by atoms with van der Waals surface area (Å²) in [4.78, 5) is 27.6. The van der Waals surface area contributed by atoms with Crippen molar-refractivity contribution in [3.8, 4) is 0 Å². The molecular formula is C23H27FN2O3. The van der Waals surface area contributed by atoms with Crippen LogP contribution < -0.4 is 5.32 Å². The van der Waals surface area contributed by atoms with Crippen molar-refractivity contribution in [2.75, 3.05) is 19.7 Å². The zero-order chi connectivity index (χ0) is 21.0. The summed E-state index contributed by atoms with van der Waals surface area (Å²) in [6.45, 7) is 6.97. The van der Waals surface area contributed by atoms with Crippen LogP contribution in [0.3, 0.4) is 0 Å². The first kappa shape index (κ1) is 21.0. The first-order chi connectivity index (χ1) is 13.8. The number of carbonyl (C=O) groups excluding carboxylic acids is 2. The molecule has 0 bridgehead atoms. The largest absolute Gasteiger partial charge is 0.370 e. The van der Waals surface area contributed by atoms with Gasteiger partial charge in [0, 0.05) is 12.1 Å². The number of nitrogens with one attached hydrogen (secondary N) is 1. The van der Waals surface area contributed by atoms with Crippen molar-refractivity contribution in [1.82, 2.24) is 10.2 Å². The molecule has 1 aliphatic heterocycles. The highest BCUT2D eigenvalue weighted by Gasteiger charge is 2.32. The Balaban J connectivity index is 1.71. The zero-order valence-corrected chi connectivity index (χ0v) is 17.0. The van der Waals surface area contributed by atoms with E-state index in [9.17, 15) is 14.0 Å². The summed E-state index contributed by atoms with van der Waals surface area (Å²) in [6.07, 6.45) is -0.311. The lowest BCUT2D eigenvalue weighted by Gasteiger charge is -2.36. The van der Waals surface area contributed by atoms with E-state index in [0.717, 1.165) is 11.1 Å². The fourth-order valence-corrected chi connectivity index (χ4v) is 3.45. The number of nitrogens with zero attached hydrogens (tertiary/aromatic N) is 1. The van der Waals surface area contributed by atoms with E-state index >= 15 is 0 Å². The van der Waals surface area contributed by atoms with Gasteiger partial charge in [0.2, 0.25) is 5.91 Å². The predicted molar refractivity (Wildman–Crippen MR) is 109 cm³/mol. The Hall–Kier alpha value is -2.73. The number of benzene rings is 2. The third-order valence-corrected chi connectivity index (χ3v) is 5.12. The summed E-state index contributed by atoms with van der Waals surface area (Å²) >= 11 is 0. The maximum Gasteiger partial charge on any atom is 0.251 e. The van der Waals surface area contributed by atoms with Gasteiger partial charge >= 0.3 is 0 Å². The average molecular weight is 398 g/mol. The van der Waals surface area contributed by atoms with Gasteiger partial charge in [-0.1, -0.05) is 43.7 Å². The highest BCUT2D eigenvalue weighted by molar-refractivity contribution is 5.97. The smallest absolute Gasteiger partial charge is 0.251 e. The number of hydrogen-bond acceptors (Lipinski definition) is 3. The highest BCUT2D eigenvalue weighted by atomic mass is 19.1. The number of rotatable bonds is 5. The van der Waals surface area contributed by atoms with E-state index < -0.39 is 6.04 Å². The Morgan fingerprint density at radius 2 is 1.90 bits per heavy atom. The first-order valence-electron chi connectivity index (χ1n) is 9.88. The standard InChI is InChI=1S/C23H27FN2O3/c1-15(2)21(25-22(27)18-6-4-5-16(3)13-18)23(28)26-11-12-29-20(14-26)17-7-9-19(24)10-8-17/h4-10,13,15,20-21H,11-12,14H2,1-3H3,(H,25,27). The molecule has 2 unspecified atom stereocenters. The minimum absolute atomic E-state index is 0.0663. The molecule has 0 saturated carbocycles. The van der Waals surface area contributed by atoms with Gasteiger partial charge < -0.3 is 15.0 Å². The van der Waals surface area contributed by atoms with Crippen LogP contribution in [0.5, 0.6) is 0 Å². The second-order valence-corrected chi connectivity index (χ2v) is 7.76. The molecule has 2 atom stereocenters. The van der Waals surface area contributed by atoms with Gasteiger partial charge in [-0.25, -0.2) is 4.39 Å². The lowest BCUT2D eigenvalue weighted by atomic mass is 10.0. The quantitative estimate of drug-likeness (QED) is 0.839. The predicted octanol–water partition coefficient (Wildman–Crippen LogP) is 3.49. The molecular weight excluding hydrogens is 371 g/mol. The number of amides is 2. The SMILES string of the molecule is Cc1cccc(C(=O)NC(C(=O)N2CCOC(c3ccc(F)cc3)C2)C(C)C)c1. The van der Waals surface area contributed by atoms with Crippen LogP contribution in [0, 0.1) is 18.7 Å². The molecule has 2 amide bonds. The number of morpholine rings is 1. The van der Waals surface area contributed by atoms with Gasteiger partial charge in [-0.05, 0) is 42.7 Å². The summed E-state index contributed by atoms with van der Waals surface area (Å²) in [5, 5.41) is 2.90. The Morgan fingerprint density at radius 3 is 2.55 bits per heavy atom. The van der Waals surface area contributed by atoms with E-state index in [-0.39, 0.29) is 29.7 Å². The number of carbonyl (C=O) groups is 2. The number of hydrogen-bond donors (Lipinski definition) is 1. The van der Waals surface area contributed by atoms with Crippen LogP contribution in [-0.2, 0) is 9.53 Å². The molecule has 0 aliphatic carbocycles. The molecule has 1 aliphatic rings.